The number of nitrogens with one attached hydrogen (secondary N) is 1. The van der Waals surface area contributed by atoms with Crippen LogP contribution in [0.4, 0.5) is 5.69 Å². The Kier molecular flexibility index (Phi) is 3.28. The molecular formula is C14H14N2O2. The zero-order valence-electron chi connectivity index (χ0n) is 10.3. The normalized spacial score (nSPS) is 10.1. The van der Waals surface area contributed by atoms with E-state index in [1.807, 2.05) is 32.0 Å². The highest BCUT2D eigenvalue weighted by Crippen LogP contribution is 2.20. The van der Waals surface area contributed by atoms with Crippen molar-refractivity contribution in [3.63, 3.8) is 0 Å². The molecule has 0 unspecified atom stereocenters. The Morgan fingerprint density at radius 3 is 2.50 bits per heavy atom. The first-order valence-corrected chi connectivity index (χ1v) is 5.59. The number of para-hydroxylation sites is 1. The smallest absolute Gasteiger partial charge is 0.257 e. The lowest BCUT2D eigenvalue weighted by Crippen LogP contribution is -2.13. The second-order valence-electron chi connectivity index (χ2n) is 4.15. The molecule has 18 heavy (non-hydrogen) atoms. The highest BCUT2D eigenvalue weighted by atomic mass is 16.3. The SMILES string of the molecule is Cc1cccc(C)c1NC(=O)c1cncc(O)c1. The Hall–Kier alpha value is -2.36. The van der Waals surface area contributed by atoms with Crippen molar-refractivity contribution in [2.75, 3.05) is 5.32 Å². The lowest BCUT2D eigenvalue weighted by molar-refractivity contribution is 0.102. The van der Waals surface area contributed by atoms with Gasteiger partial charge in [-0.15, -0.1) is 0 Å². The summed E-state index contributed by atoms with van der Waals surface area (Å²) in [6.45, 7) is 3.87. The maximum Gasteiger partial charge on any atom is 0.257 e. The maximum atomic E-state index is 12.0. The summed E-state index contributed by atoms with van der Waals surface area (Å²) in [6.07, 6.45) is 2.71. The van der Waals surface area contributed by atoms with Gasteiger partial charge in [-0.3, -0.25) is 9.78 Å². The van der Waals surface area contributed by atoms with Gasteiger partial charge in [0.05, 0.1) is 11.8 Å². The van der Waals surface area contributed by atoms with E-state index in [-0.39, 0.29) is 11.7 Å². The number of hydrogen-bond acceptors (Lipinski definition) is 3. The number of carbonyl (C=O) groups excluding carboxylic acids is 1. The van der Waals surface area contributed by atoms with E-state index in [0.717, 1.165) is 16.8 Å². The third-order valence-corrected chi connectivity index (χ3v) is 2.71. The molecule has 4 heteroatoms. The molecule has 0 atom stereocenters. The fourth-order valence-electron chi connectivity index (χ4n) is 1.75. The number of nitrogens with zero attached hydrogens (tertiary/aromatic N) is 1. The van der Waals surface area contributed by atoms with Crippen LogP contribution in [0.1, 0.15) is 21.5 Å². The lowest BCUT2D eigenvalue weighted by atomic mass is 10.1. The molecule has 0 fully saturated rings. The molecule has 0 spiro atoms. The topological polar surface area (TPSA) is 62.2 Å². The van der Waals surface area contributed by atoms with Crippen molar-refractivity contribution < 1.29 is 9.90 Å². The average Bonchev–Trinajstić information content (AvgIpc) is 2.34. The van der Waals surface area contributed by atoms with Crippen molar-refractivity contribution >= 4 is 11.6 Å². The molecule has 2 aromatic rings. The maximum absolute atomic E-state index is 12.0. The van der Waals surface area contributed by atoms with E-state index in [4.69, 9.17) is 0 Å². The van der Waals surface area contributed by atoms with Gasteiger partial charge >= 0.3 is 0 Å². The largest absolute Gasteiger partial charge is 0.506 e. The van der Waals surface area contributed by atoms with E-state index in [1.54, 1.807) is 0 Å². The van der Waals surface area contributed by atoms with Crippen LogP contribution in [0.5, 0.6) is 5.75 Å². The van der Waals surface area contributed by atoms with E-state index in [1.165, 1.54) is 18.5 Å². The third kappa shape index (κ3) is 2.48. The lowest BCUT2D eigenvalue weighted by Gasteiger charge is -2.11. The van der Waals surface area contributed by atoms with Crippen LogP contribution in [0.15, 0.2) is 36.7 Å². The van der Waals surface area contributed by atoms with Gasteiger partial charge in [-0.1, -0.05) is 18.2 Å². The molecule has 1 aromatic carbocycles. The number of anilines is 1. The Balaban J connectivity index is 2.27. The molecule has 0 aliphatic heterocycles. The minimum absolute atomic E-state index is 0.0239. The fourth-order valence-corrected chi connectivity index (χ4v) is 1.75. The molecule has 0 bridgehead atoms. The molecule has 92 valence electrons. The van der Waals surface area contributed by atoms with Crippen LogP contribution in [0.2, 0.25) is 0 Å². The Morgan fingerprint density at radius 1 is 1.22 bits per heavy atom. The van der Waals surface area contributed by atoms with Crippen LogP contribution < -0.4 is 5.32 Å². The molecular weight excluding hydrogens is 228 g/mol. The predicted octanol–water partition coefficient (Wildman–Crippen LogP) is 2.66. The molecule has 1 heterocycles. The van der Waals surface area contributed by atoms with E-state index in [0.29, 0.717) is 5.56 Å². The quantitative estimate of drug-likeness (QED) is 0.851. The number of pyridine rings is 1. The summed E-state index contributed by atoms with van der Waals surface area (Å²) in [5.41, 5.74) is 3.12. The van der Waals surface area contributed by atoms with Crippen molar-refractivity contribution in [2.24, 2.45) is 0 Å². The van der Waals surface area contributed by atoms with Crippen molar-refractivity contribution in [2.45, 2.75) is 13.8 Å². The summed E-state index contributed by atoms with van der Waals surface area (Å²) in [5, 5.41) is 12.1. The van der Waals surface area contributed by atoms with Gasteiger partial charge in [0.15, 0.2) is 0 Å². The van der Waals surface area contributed by atoms with Crippen molar-refractivity contribution in [3.8, 4) is 5.75 Å². The summed E-state index contributed by atoms with van der Waals surface area (Å²) >= 11 is 0. The molecule has 0 saturated heterocycles. The zero-order chi connectivity index (χ0) is 13.1. The number of aryl methyl sites for hydroxylation is 2. The van der Waals surface area contributed by atoms with E-state index in [2.05, 4.69) is 10.3 Å². The fraction of sp³-hybridized carbons (Fsp3) is 0.143. The van der Waals surface area contributed by atoms with Crippen LogP contribution in [0, 0.1) is 13.8 Å². The summed E-state index contributed by atoms with van der Waals surface area (Å²) in [6, 6.07) is 7.19. The zero-order valence-corrected chi connectivity index (χ0v) is 10.3. The number of aromatic nitrogens is 1. The number of benzene rings is 1. The molecule has 2 rings (SSSR count). The molecule has 2 N–H and O–H groups in total. The van der Waals surface area contributed by atoms with Gasteiger partial charge < -0.3 is 10.4 Å². The summed E-state index contributed by atoms with van der Waals surface area (Å²) in [5.74, 6) is -0.306. The first kappa shape index (κ1) is 12.1. The minimum Gasteiger partial charge on any atom is -0.506 e. The number of rotatable bonds is 2. The van der Waals surface area contributed by atoms with Gasteiger partial charge in [0, 0.05) is 11.9 Å². The van der Waals surface area contributed by atoms with E-state index >= 15 is 0 Å². The minimum atomic E-state index is -0.282. The van der Waals surface area contributed by atoms with Crippen LogP contribution >= 0.6 is 0 Å². The molecule has 0 aliphatic carbocycles. The van der Waals surface area contributed by atoms with Gasteiger partial charge in [-0.2, -0.15) is 0 Å². The van der Waals surface area contributed by atoms with E-state index < -0.39 is 0 Å². The van der Waals surface area contributed by atoms with Gasteiger partial charge in [0.2, 0.25) is 0 Å². The highest BCUT2D eigenvalue weighted by molar-refractivity contribution is 6.05. The first-order chi connectivity index (χ1) is 8.58. The van der Waals surface area contributed by atoms with Crippen molar-refractivity contribution in [1.29, 1.82) is 0 Å². The van der Waals surface area contributed by atoms with Gasteiger partial charge in [0.1, 0.15) is 5.75 Å². The molecule has 4 nitrogen and oxygen atoms in total. The second kappa shape index (κ2) is 4.87. The predicted molar refractivity (Wildman–Crippen MR) is 69.8 cm³/mol. The number of aromatic hydroxyl groups is 1. The van der Waals surface area contributed by atoms with E-state index in [9.17, 15) is 9.90 Å². The molecule has 1 amide bonds. The molecule has 0 radical (unpaired) electrons. The van der Waals surface area contributed by atoms with Gasteiger partial charge in [-0.05, 0) is 31.0 Å². The summed E-state index contributed by atoms with van der Waals surface area (Å²) < 4.78 is 0. The van der Waals surface area contributed by atoms with Gasteiger partial charge in [-0.25, -0.2) is 0 Å². The third-order valence-electron chi connectivity index (χ3n) is 2.71. The number of carbonyl (C=O) groups is 1. The standard InChI is InChI=1S/C14H14N2O2/c1-9-4-3-5-10(2)13(9)16-14(18)11-6-12(17)8-15-7-11/h3-8,17H,1-2H3,(H,16,18). The Morgan fingerprint density at radius 2 is 1.89 bits per heavy atom. The van der Waals surface area contributed by atoms with Crippen molar-refractivity contribution in [1.82, 2.24) is 4.98 Å². The van der Waals surface area contributed by atoms with Crippen LogP contribution in [0.3, 0.4) is 0 Å². The first-order valence-electron chi connectivity index (χ1n) is 5.59. The molecule has 0 aliphatic rings. The van der Waals surface area contributed by atoms with Crippen LogP contribution in [-0.4, -0.2) is 16.0 Å². The summed E-state index contributed by atoms with van der Waals surface area (Å²) in [7, 11) is 0. The van der Waals surface area contributed by atoms with Crippen LogP contribution in [0.25, 0.3) is 0 Å². The Bertz CT molecular complexity index is 574. The number of hydrogen-bond donors (Lipinski definition) is 2. The van der Waals surface area contributed by atoms with Crippen LogP contribution in [-0.2, 0) is 0 Å². The Labute approximate surface area is 105 Å². The highest BCUT2D eigenvalue weighted by Gasteiger charge is 2.10. The molecule has 1 aromatic heterocycles. The summed E-state index contributed by atoms with van der Waals surface area (Å²) in [4.78, 5) is 15.8. The molecule has 0 saturated carbocycles. The average molecular weight is 242 g/mol. The van der Waals surface area contributed by atoms with Crippen molar-refractivity contribution in [3.05, 3.63) is 53.3 Å². The van der Waals surface area contributed by atoms with Gasteiger partial charge in [0.25, 0.3) is 5.91 Å². The number of amides is 1. The second-order valence-corrected chi connectivity index (χ2v) is 4.15. The monoisotopic (exact) mass is 242 g/mol.